The van der Waals surface area contributed by atoms with Crippen molar-refractivity contribution in [1.82, 2.24) is 19.7 Å². The summed E-state index contributed by atoms with van der Waals surface area (Å²) in [4.78, 5) is 11.9. The number of rotatable bonds is 7. The molecule has 7 nitrogen and oxygen atoms in total. The monoisotopic (exact) mass is 427 g/mol. The van der Waals surface area contributed by atoms with Gasteiger partial charge in [0.05, 0.1) is 11.9 Å². The second-order valence-corrected chi connectivity index (χ2v) is 7.65. The number of nitrogens with zero attached hydrogens (tertiary/aromatic N) is 5. The number of hydrogen-bond acceptors (Lipinski definition) is 6. The highest BCUT2D eigenvalue weighted by atomic mass is 35.5. The Kier molecular flexibility index (Phi) is 8.34. The minimum absolute atomic E-state index is 0. The summed E-state index contributed by atoms with van der Waals surface area (Å²) < 4.78 is 1.85. The number of anilines is 2. The fraction of sp³-hybridized carbons (Fsp3) is 0.632. The third-order valence-electron chi connectivity index (χ3n) is 5.42. The number of aryl methyl sites for hydroxylation is 2. The van der Waals surface area contributed by atoms with Crippen molar-refractivity contribution in [2.24, 2.45) is 12.8 Å². The summed E-state index contributed by atoms with van der Waals surface area (Å²) in [7, 11) is 1.95. The van der Waals surface area contributed by atoms with Crippen LogP contribution in [0.4, 0.5) is 11.8 Å². The molecule has 28 heavy (non-hydrogen) atoms. The van der Waals surface area contributed by atoms with Crippen LogP contribution in [0.1, 0.15) is 49.3 Å². The maximum Gasteiger partial charge on any atom is 0.227 e. The van der Waals surface area contributed by atoms with Gasteiger partial charge in [-0.2, -0.15) is 10.1 Å². The molecule has 0 radical (unpaired) electrons. The quantitative estimate of drug-likeness (QED) is 0.660. The molecule has 1 saturated heterocycles. The molecule has 1 aliphatic heterocycles. The molecule has 1 aliphatic carbocycles. The van der Waals surface area contributed by atoms with Crippen molar-refractivity contribution in [3.8, 4) is 0 Å². The van der Waals surface area contributed by atoms with Crippen molar-refractivity contribution in [2.45, 2.75) is 50.5 Å². The molecule has 2 aliphatic rings. The number of nitrogens with one attached hydrogen (secondary N) is 1. The Morgan fingerprint density at radius 2 is 1.93 bits per heavy atom. The van der Waals surface area contributed by atoms with Crippen LogP contribution in [-0.2, 0) is 13.5 Å². The highest BCUT2D eigenvalue weighted by molar-refractivity contribution is 5.85. The average molecular weight is 428 g/mol. The molecule has 0 amide bonds. The molecule has 0 atom stereocenters. The molecule has 1 saturated carbocycles. The van der Waals surface area contributed by atoms with Crippen LogP contribution in [0.25, 0.3) is 0 Å². The molecule has 0 aromatic carbocycles. The lowest BCUT2D eigenvalue weighted by Crippen LogP contribution is -2.35. The molecule has 2 fully saturated rings. The maximum atomic E-state index is 5.98. The molecular formula is C19H31Cl2N7. The summed E-state index contributed by atoms with van der Waals surface area (Å²) in [6, 6.07) is 2.46. The van der Waals surface area contributed by atoms with Gasteiger partial charge in [-0.15, -0.1) is 24.8 Å². The molecule has 4 rings (SSSR count). The van der Waals surface area contributed by atoms with Crippen molar-refractivity contribution < 1.29 is 0 Å². The van der Waals surface area contributed by atoms with Gasteiger partial charge in [-0.05, 0) is 44.1 Å². The standard InChI is InChI=1S/C19H29N7.2ClH/c1-25-13-14(12-22-25)5-4-6-21-18-11-17(15-9-16(20)10-15)23-19(24-18)26-7-2-3-8-26;;/h11-13,15-16H,2-10,20H2,1H3,(H,21,23,24);2*1H. The van der Waals surface area contributed by atoms with E-state index in [1.54, 1.807) is 0 Å². The van der Waals surface area contributed by atoms with Crippen LogP contribution in [0.5, 0.6) is 0 Å². The van der Waals surface area contributed by atoms with Crippen LogP contribution in [0, 0.1) is 0 Å². The topological polar surface area (TPSA) is 84.9 Å². The normalized spacial score (nSPS) is 20.9. The minimum atomic E-state index is 0. The van der Waals surface area contributed by atoms with Crippen LogP contribution < -0.4 is 16.0 Å². The molecule has 0 spiro atoms. The van der Waals surface area contributed by atoms with Crippen molar-refractivity contribution in [3.05, 3.63) is 29.7 Å². The van der Waals surface area contributed by atoms with E-state index >= 15 is 0 Å². The predicted molar refractivity (Wildman–Crippen MR) is 118 cm³/mol. The van der Waals surface area contributed by atoms with E-state index in [0.717, 1.165) is 62.8 Å². The third kappa shape index (κ3) is 5.49. The summed E-state index contributed by atoms with van der Waals surface area (Å²) in [6.45, 7) is 3.02. The Morgan fingerprint density at radius 3 is 2.57 bits per heavy atom. The van der Waals surface area contributed by atoms with Gasteiger partial charge in [-0.1, -0.05) is 0 Å². The van der Waals surface area contributed by atoms with Gasteiger partial charge < -0.3 is 16.0 Å². The minimum Gasteiger partial charge on any atom is -0.370 e. The van der Waals surface area contributed by atoms with Crippen molar-refractivity contribution in [1.29, 1.82) is 0 Å². The summed E-state index contributed by atoms with van der Waals surface area (Å²) >= 11 is 0. The Balaban J connectivity index is 0.00000140. The highest BCUT2D eigenvalue weighted by Gasteiger charge is 2.30. The first-order valence-electron chi connectivity index (χ1n) is 9.78. The van der Waals surface area contributed by atoms with Crippen LogP contribution >= 0.6 is 24.8 Å². The van der Waals surface area contributed by atoms with Crippen molar-refractivity contribution >= 4 is 36.6 Å². The number of aromatic nitrogens is 4. The zero-order valence-corrected chi connectivity index (χ0v) is 18.0. The molecular weight excluding hydrogens is 397 g/mol. The molecule has 2 aromatic heterocycles. The molecule has 156 valence electrons. The van der Waals surface area contributed by atoms with E-state index in [-0.39, 0.29) is 24.8 Å². The van der Waals surface area contributed by atoms with Gasteiger partial charge in [0.15, 0.2) is 0 Å². The lowest BCUT2D eigenvalue weighted by Gasteiger charge is -2.32. The van der Waals surface area contributed by atoms with Crippen LogP contribution in [-0.4, -0.2) is 45.4 Å². The third-order valence-corrected chi connectivity index (χ3v) is 5.42. The van der Waals surface area contributed by atoms with E-state index in [1.807, 2.05) is 17.9 Å². The fourth-order valence-electron chi connectivity index (χ4n) is 3.82. The zero-order chi connectivity index (χ0) is 17.9. The van der Waals surface area contributed by atoms with Crippen molar-refractivity contribution in [2.75, 3.05) is 29.9 Å². The van der Waals surface area contributed by atoms with Gasteiger partial charge in [0, 0.05) is 50.9 Å². The van der Waals surface area contributed by atoms with E-state index in [2.05, 4.69) is 27.6 Å². The lowest BCUT2D eigenvalue weighted by atomic mass is 9.78. The summed E-state index contributed by atoms with van der Waals surface area (Å²) in [5.41, 5.74) is 8.41. The molecule has 3 heterocycles. The van der Waals surface area contributed by atoms with E-state index < -0.39 is 0 Å². The Morgan fingerprint density at radius 1 is 1.18 bits per heavy atom. The number of nitrogens with two attached hydrogens (primary N) is 1. The predicted octanol–water partition coefficient (Wildman–Crippen LogP) is 2.90. The first-order valence-corrected chi connectivity index (χ1v) is 9.78. The summed E-state index contributed by atoms with van der Waals surface area (Å²) in [6.07, 6.45) is 10.6. The van der Waals surface area contributed by atoms with Crippen LogP contribution in [0.2, 0.25) is 0 Å². The van der Waals surface area contributed by atoms with E-state index in [4.69, 9.17) is 15.7 Å². The fourth-order valence-corrected chi connectivity index (χ4v) is 3.82. The number of halogens is 2. The maximum absolute atomic E-state index is 5.98. The second-order valence-electron chi connectivity index (χ2n) is 7.65. The lowest BCUT2D eigenvalue weighted by molar-refractivity contribution is 0.345. The Labute approximate surface area is 179 Å². The summed E-state index contributed by atoms with van der Waals surface area (Å²) in [5, 5.41) is 7.73. The highest BCUT2D eigenvalue weighted by Crippen LogP contribution is 2.36. The van der Waals surface area contributed by atoms with Crippen molar-refractivity contribution in [3.63, 3.8) is 0 Å². The zero-order valence-electron chi connectivity index (χ0n) is 16.4. The first-order chi connectivity index (χ1) is 12.7. The molecule has 9 heteroatoms. The molecule has 3 N–H and O–H groups in total. The van der Waals surface area contributed by atoms with Crippen LogP contribution in [0.3, 0.4) is 0 Å². The summed E-state index contributed by atoms with van der Waals surface area (Å²) in [5.74, 6) is 2.32. The van der Waals surface area contributed by atoms with Gasteiger partial charge in [-0.25, -0.2) is 4.98 Å². The molecule has 0 bridgehead atoms. The molecule has 0 unspecified atom stereocenters. The van der Waals surface area contributed by atoms with E-state index in [0.29, 0.717) is 12.0 Å². The van der Waals surface area contributed by atoms with Gasteiger partial charge in [0.2, 0.25) is 5.95 Å². The van der Waals surface area contributed by atoms with Crippen LogP contribution in [0.15, 0.2) is 18.5 Å². The SMILES string of the molecule is Cl.Cl.Cn1cc(CCCNc2cc(C3CC(N)C3)nc(N3CCCC3)n2)cn1. The average Bonchev–Trinajstić information content (AvgIpc) is 3.27. The van der Waals surface area contributed by atoms with E-state index in [1.165, 1.54) is 18.4 Å². The number of hydrogen-bond donors (Lipinski definition) is 2. The van der Waals surface area contributed by atoms with Gasteiger partial charge in [0.1, 0.15) is 5.82 Å². The first kappa shape index (κ1) is 22.7. The Bertz CT molecular complexity index is 740. The Hall–Kier alpha value is -1.57. The van der Waals surface area contributed by atoms with E-state index in [9.17, 15) is 0 Å². The smallest absolute Gasteiger partial charge is 0.227 e. The van der Waals surface area contributed by atoms with Gasteiger partial charge >= 0.3 is 0 Å². The second kappa shape index (κ2) is 10.3. The van der Waals surface area contributed by atoms with Gasteiger partial charge in [0.25, 0.3) is 0 Å². The largest absolute Gasteiger partial charge is 0.370 e. The van der Waals surface area contributed by atoms with Gasteiger partial charge in [-0.3, -0.25) is 4.68 Å². The molecule has 2 aromatic rings.